The summed E-state index contributed by atoms with van der Waals surface area (Å²) >= 11 is 5.97. The number of anilines is 1. The van der Waals surface area contributed by atoms with E-state index < -0.39 is 0 Å². The molecule has 0 aliphatic rings. The lowest BCUT2D eigenvalue weighted by Crippen LogP contribution is -2.12. The van der Waals surface area contributed by atoms with Crippen LogP contribution in [0.3, 0.4) is 0 Å². The van der Waals surface area contributed by atoms with Crippen LogP contribution in [-0.4, -0.2) is 11.1 Å². The Morgan fingerprint density at radius 2 is 2.18 bits per heavy atom. The van der Waals surface area contributed by atoms with Crippen LogP contribution in [0, 0.1) is 13.8 Å². The molecule has 1 amide bonds. The smallest absolute Gasteiger partial charge is 0.260 e. The van der Waals surface area contributed by atoms with E-state index in [1.165, 1.54) is 6.20 Å². The number of rotatable bonds is 2. The molecule has 4 nitrogen and oxygen atoms in total. The summed E-state index contributed by atoms with van der Waals surface area (Å²) in [4.78, 5) is 11.8. The fourth-order valence-corrected chi connectivity index (χ4v) is 1.57. The van der Waals surface area contributed by atoms with E-state index in [1.54, 1.807) is 19.1 Å². The molecule has 1 N–H and O–H groups in total. The number of benzene rings is 1. The van der Waals surface area contributed by atoms with Crippen molar-refractivity contribution in [3.8, 4) is 0 Å². The summed E-state index contributed by atoms with van der Waals surface area (Å²) in [6.07, 6.45) is 1.39. The summed E-state index contributed by atoms with van der Waals surface area (Å²) in [6, 6.07) is 5.35. The number of aromatic nitrogens is 1. The molecule has 0 fully saturated rings. The molecule has 2 rings (SSSR count). The minimum Gasteiger partial charge on any atom is -0.361 e. The van der Waals surface area contributed by atoms with Crippen molar-refractivity contribution in [1.29, 1.82) is 0 Å². The first-order chi connectivity index (χ1) is 8.08. The molecule has 0 aliphatic heterocycles. The second kappa shape index (κ2) is 4.59. The lowest BCUT2D eigenvalue weighted by molar-refractivity contribution is 0.102. The monoisotopic (exact) mass is 250 g/mol. The molecule has 5 heteroatoms. The van der Waals surface area contributed by atoms with Gasteiger partial charge in [0, 0.05) is 10.7 Å². The number of nitrogens with zero attached hydrogens (tertiary/aromatic N) is 1. The maximum atomic E-state index is 11.8. The summed E-state index contributed by atoms with van der Waals surface area (Å²) in [6.45, 7) is 3.59. The zero-order valence-corrected chi connectivity index (χ0v) is 10.2. The van der Waals surface area contributed by atoms with E-state index >= 15 is 0 Å². The molecule has 0 aliphatic carbocycles. The van der Waals surface area contributed by atoms with Gasteiger partial charge in [-0.2, -0.15) is 0 Å². The highest BCUT2D eigenvalue weighted by molar-refractivity contribution is 6.31. The molecule has 0 atom stereocenters. The normalized spacial score (nSPS) is 10.3. The van der Waals surface area contributed by atoms with Gasteiger partial charge in [-0.05, 0) is 31.5 Å². The maximum absolute atomic E-state index is 11.8. The molecule has 0 saturated carbocycles. The van der Waals surface area contributed by atoms with Crippen molar-refractivity contribution in [3.63, 3.8) is 0 Å². The molecule has 0 unspecified atom stereocenters. The lowest BCUT2D eigenvalue weighted by Gasteiger charge is -2.05. The Balaban J connectivity index is 2.19. The van der Waals surface area contributed by atoms with Gasteiger partial charge in [-0.15, -0.1) is 0 Å². The first kappa shape index (κ1) is 11.7. The van der Waals surface area contributed by atoms with E-state index in [0.717, 1.165) is 5.56 Å². The maximum Gasteiger partial charge on any atom is 0.260 e. The Kier molecular flexibility index (Phi) is 3.15. The minimum absolute atomic E-state index is 0.260. The first-order valence-electron chi connectivity index (χ1n) is 5.06. The average molecular weight is 251 g/mol. The summed E-state index contributed by atoms with van der Waals surface area (Å²) in [5.41, 5.74) is 2.03. The zero-order valence-electron chi connectivity index (χ0n) is 9.45. The Morgan fingerprint density at radius 3 is 2.76 bits per heavy atom. The van der Waals surface area contributed by atoms with Crippen LogP contribution in [0.2, 0.25) is 5.02 Å². The Morgan fingerprint density at radius 1 is 1.41 bits per heavy atom. The van der Waals surface area contributed by atoms with Crippen LogP contribution in [0.5, 0.6) is 0 Å². The molecule has 1 aromatic carbocycles. The third-order valence-electron chi connectivity index (χ3n) is 2.43. The largest absolute Gasteiger partial charge is 0.361 e. The summed E-state index contributed by atoms with van der Waals surface area (Å²) in [5, 5.41) is 6.90. The number of hydrogen-bond donors (Lipinski definition) is 1. The van der Waals surface area contributed by atoms with Crippen LogP contribution < -0.4 is 5.32 Å². The van der Waals surface area contributed by atoms with Crippen molar-refractivity contribution in [1.82, 2.24) is 5.16 Å². The van der Waals surface area contributed by atoms with Gasteiger partial charge in [0.25, 0.3) is 5.91 Å². The van der Waals surface area contributed by atoms with Crippen molar-refractivity contribution in [3.05, 3.63) is 46.3 Å². The van der Waals surface area contributed by atoms with Crippen LogP contribution in [0.15, 0.2) is 28.9 Å². The molecule has 0 radical (unpaired) electrons. The quantitative estimate of drug-likeness (QED) is 0.891. The van der Waals surface area contributed by atoms with Gasteiger partial charge in [0.1, 0.15) is 11.3 Å². The minimum atomic E-state index is -0.260. The molecule has 1 heterocycles. The van der Waals surface area contributed by atoms with Crippen LogP contribution in [0.25, 0.3) is 0 Å². The third kappa shape index (κ3) is 2.47. The number of halogens is 1. The Labute approximate surface area is 104 Å². The topological polar surface area (TPSA) is 55.1 Å². The lowest BCUT2D eigenvalue weighted by atomic mass is 10.2. The number of hydrogen-bond acceptors (Lipinski definition) is 3. The average Bonchev–Trinajstić information content (AvgIpc) is 2.70. The van der Waals surface area contributed by atoms with Gasteiger partial charge in [-0.25, -0.2) is 0 Å². The van der Waals surface area contributed by atoms with Gasteiger partial charge in [0.15, 0.2) is 0 Å². The van der Waals surface area contributed by atoms with Gasteiger partial charge in [-0.1, -0.05) is 22.8 Å². The van der Waals surface area contributed by atoms with Crippen molar-refractivity contribution in [2.45, 2.75) is 13.8 Å². The predicted molar refractivity (Wildman–Crippen MR) is 65.4 cm³/mol. The zero-order chi connectivity index (χ0) is 12.4. The number of aryl methyl sites for hydroxylation is 2. The van der Waals surface area contributed by atoms with Gasteiger partial charge >= 0.3 is 0 Å². The highest BCUT2D eigenvalue weighted by Crippen LogP contribution is 2.20. The van der Waals surface area contributed by atoms with E-state index in [0.29, 0.717) is 22.0 Å². The van der Waals surface area contributed by atoms with Gasteiger partial charge in [0.05, 0.1) is 6.20 Å². The highest BCUT2D eigenvalue weighted by atomic mass is 35.5. The van der Waals surface area contributed by atoms with E-state index in [2.05, 4.69) is 10.5 Å². The number of carbonyl (C=O) groups excluding carboxylic acids is 1. The number of carbonyl (C=O) groups is 1. The van der Waals surface area contributed by atoms with E-state index in [1.807, 2.05) is 13.0 Å². The third-order valence-corrected chi connectivity index (χ3v) is 2.83. The van der Waals surface area contributed by atoms with E-state index in [-0.39, 0.29) is 5.91 Å². The number of amides is 1. The Bertz CT molecular complexity index is 563. The molecule has 0 spiro atoms. The van der Waals surface area contributed by atoms with Gasteiger partial charge < -0.3 is 9.84 Å². The van der Waals surface area contributed by atoms with E-state index in [9.17, 15) is 4.79 Å². The molecule has 1 aromatic heterocycles. The molecule has 2 aromatic rings. The fraction of sp³-hybridized carbons (Fsp3) is 0.167. The van der Waals surface area contributed by atoms with Crippen molar-refractivity contribution < 1.29 is 9.32 Å². The molecular weight excluding hydrogens is 240 g/mol. The highest BCUT2D eigenvalue weighted by Gasteiger charge is 2.13. The summed E-state index contributed by atoms with van der Waals surface area (Å²) in [7, 11) is 0. The molecule has 17 heavy (non-hydrogen) atoms. The van der Waals surface area contributed by atoms with Crippen LogP contribution in [0.4, 0.5) is 5.69 Å². The predicted octanol–water partition coefficient (Wildman–Crippen LogP) is 3.20. The van der Waals surface area contributed by atoms with Crippen LogP contribution in [0.1, 0.15) is 21.7 Å². The van der Waals surface area contributed by atoms with Crippen LogP contribution >= 0.6 is 11.6 Å². The van der Waals surface area contributed by atoms with Gasteiger partial charge in [0.2, 0.25) is 0 Å². The fourth-order valence-electron chi connectivity index (χ4n) is 1.39. The SMILES string of the molecule is Cc1ccc(NC(=O)c2cnoc2C)cc1Cl. The molecule has 0 saturated heterocycles. The van der Waals surface area contributed by atoms with Crippen molar-refractivity contribution >= 4 is 23.2 Å². The Hall–Kier alpha value is -1.81. The van der Waals surface area contributed by atoms with Gasteiger partial charge in [-0.3, -0.25) is 4.79 Å². The van der Waals surface area contributed by atoms with Crippen molar-refractivity contribution in [2.75, 3.05) is 5.32 Å². The second-order valence-corrected chi connectivity index (χ2v) is 4.12. The molecule has 88 valence electrons. The summed E-state index contributed by atoms with van der Waals surface area (Å²) < 4.78 is 4.83. The number of nitrogens with one attached hydrogen (secondary N) is 1. The van der Waals surface area contributed by atoms with Crippen LogP contribution in [-0.2, 0) is 0 Å². The molecular formula is C12H11ClN2O2. The molecule has 0 bridgehead atoms. The van der Waals surface area contributed by atoms with E-state index in [4.69, 9.17) is 16.1 Å². The van der Waals surface area contributed by atoms with Crippen molar-refractivity contribution in [2.24, 2.45) is 0 Å². The second-order valence-electron chi connectivity index (χ2n) is 3.71. The standard InChI is InChI=1S/C12H11ClN2O2/c1-7-3-4-9(5-11(7)13)15-12(16)10-6-14-17-8(10)2/h3-6H,1-2H3,(H,15,16). The summed E-state index contributed by atoms with van der Waals surface area (Å²) in [5.74, 6) is 0.226. The first-order valence-corrected chi connectivity index (χ1v) is 5.44.